The van der Waals surface area contributed by atoms with Crippen LogP contribution in [0.2, 0.25) is 5.02 Å². The normalized spacial score (nSPS) is 10.6. The molecule has 3 amide bonds. The number of nitrogens with zero attached hydrogens (tertiary/aromatic N) is 1. The molecule has 3 aromatic rings. The lowest BCUT2D eigenvalue weighted by Gasteiger charge is -2.14. The van der Waals surface area contributed by atoms with Crippen LogP contribution in [0.4, 0.5) is 11.4 Å². The molecule has 0 saturated heterocycles. The maximum Gasteiger partial charge on any atom is 0.329 e. The average molecular weight is 679 g/mol. The van der Waals surface area contributed by atoms with Crippen LogP contribution in [0.5, 0.6) is 17.2 Å². The van der Waals surface area contributed by atoms with Gasteiger partial charge in [0, 0.05) is 16.4 Å². The van der Waals surface area contributed by atoms with Crippen molar-refractivity contribution in [3.05, 3.63) is 74.3 Å². The number of aryl methyl sites for hydroxylation is 1. The van der Waals surface area contributed by atoms with Crippen LogP contribution in [0.25, 0.3) is 0 Å². The number of anilines is 2. The molecular weight excluding hydrogens is 651 g/mol. The van der Waals surface area contributed by atoms with Crippen molar-refractivity contribution in [3.63, 3.8) is 0 Å². The highest BCUT2D eigenvalue weighted by Gasteiger charge is 2.15. The first-order valence-electron chi connectivity index (χ1n) is 12.1. The Labute approximate surface area is 250 Å². The van der Waals surface area contributed by atoms with Crippen LogP contribution in [0, 0.1) is 10.5 Å². The average Bonchev–Trinajstić information content (AvgIpc) is 2.93. The van der Waals surface area contributed by atoms with Crippen molar-refractivity contribution in [2.24, 2.45) is 5.10 Å². The number of amides is 3. The third-order valence-corrected chi connectivity index (χ3v) is 6.28. The van der Waals surface area contributed by atoms with E-state index in [2.05, 4.69) is 21.2 Å². The lowest BCUT2D eigenvalue weighted by Crippen LogP contribution is -2.32. The van der Waals surface area contributed by atoms with Crippen LogP contribution in [-0.4, -0.2) is 44.3 Å². The molecule has 0 radical (unpaired) electrons. The second-order valence-electron chi connectivity index (χ2n) is 8.36. The van der Waals surface area contributed by atoms with Crippen LogP contribution in [0.3, 0.4) is 0 Å². The van der Waals surface area contributed by atoms with E-state index in [1.54, 1.807) is 48.5 Å². The maximum atomic E-state index is 12.4. The van der Waals surface area contributed by atoms with Gasteiger partial charge in [0.2, 0.25) is 0 Å². The van der Waals surface area contributed by atoms with E-state index in [9.17, 15) is 14.4 Å². The molecule has 0 bridgehead atoms. The molecule has 0 saturated carbocycles. The van der Waals surface area contributed by atoms with Gasteiger partial charge in [-0.05, 0) is 95.6 Å². The zero-order valence-electron chi connectivity index (χ0n) is 22.0. The molecule has 0 aromatic heterocycles. The molecule has 0 heterocycles. The summed E-state index contributed by atoms with van der Waals surface area (Å²) in [5.74, 6) is -0.781. The standard InChI is InChI=1S/C28H28ClIN4O6/c1-4-11-39-21-9-7-20(8-10-21)32-27(36)28(37)34-31-15-18-12-22(30)26(24(13-18)38-3)40-16-25(35)33-23-14-19(29)6-5-17(23)2/h5-10,12-15H,4,11,16H2,1-3H3,(H,32,36)(H,33,35)(H,34,37)/b31-15-. The first-order valence-corrected chi connectivity index (χ1v) is 13.6. The molecule has 210 valence electrons. The molecule has 0 unspecified atom stereocenters. The molecule has 10 nitrogen and oxygen atoms in total. The Morgan fingerprint density at radius 1 is 1.00 bits per heavy atom. The van der Waals surface area contributed by atoms with Gasteiger partial charge in [0.05, 0.1) is 23.5 Å². The largest absolute Gasteiger partial charge is 0.494 e. The quantitative estimate of drug-likeness (QED) is 0.111. The topological polar surface area (TPSA) is 127 Å². The fraction of sp³-hybridized carbons (Fsp3) is 0.214. The van der Waals surface area contributed by atoms with Crippen LogP contribution < -0.4 is 30.3 Å². The van der Waals surface area contributed by atoms with Crippen LogP contribution >= 0.6 is 34.2 Å². The van der Waals surface area contributed by atoms with Gasteiger partial charge in [-0.2, -0.15) is 5.10 Å². The van der Waals surface area contributed by atoms with Gasteiger partial charge in [0.25, 0.3) is 5.91 Å². The lowest BCUT2D eigenvalue weighted by molar-refractivity contribution is -0.136. The van der Waals surface area contributed by atoms with E-state index < -0.39 is 11.8 Å². The van der Waals surface area contributed by atoms with Crippen molar-refractivity contribution < 1.29 is 28.6 Å². The van der Waals surface area contributed by atoms with Crippen LogP contribution in [-0.2, 0) is 14.4 Å². The van der Waals surface area contributed by atoms with Crippen molar-refractivity contribution in [3.8, 4) is 17.2 Å². The minimum atomic E-state index is -0.940. The van der Waals surface area contributed by atoms with E-state index in [1.165, 1.54) is 13.3 Å². The Kier molecular flexibility index (Phi) is 11.6. The summed E-state index contributed by atoms with van der Waals surface area (Å²) in [5.41, 5.74) is 4.66. The van der Waals surface area contributed by atoms with Gasteiger partial charge in [-0.15, -0.1) is 0 Å². The predicted octanol–water partition coefficient (Wildman–Crippen LogP) is 5.16. The fourth-order valence-corrected chi connectivity index (χ4v) is 4.22. The minimum Gasteiger partial charge on any atom is -0.494 e. The molecule has 3 rings (SSSR count). The summed E-state index contributed by atoms with van der Waals surface area (Å²) in [4.78, 5) is 36.8. The number of nitrogens with one attached hydrogen (secondary N) is 3. The Hall–Kier alpha value is -3.84. The van der Waals surface area contributed by atoms with E-state index in [1.807, 2.05) is 42.5 Å². The summed E-state index contributed by atoms with van der Waals surface area (Å²) in [5, 5.41) is 9.63. The molecular formula is C28H28ClIN4O6. The SMILES string of the molecule is CCCOc1ccc(NC(=O)C(=O)N/N=C\c2cc(I)c(OCC(=O)Nc3cc(Cl)ccc3C)c(OC)c2)cc1. The number of benzene rings is 3. The predicted molar refractivity (Wildman–Crippen MR) is 163 cm³/mol. The molecule has 3 aromatic carbocycles. The summed E-state index contributed by atoms with van der Waals surface area (Å²) < 4.78 is 17.3. The molecule has 12 heteroatoms. The van der Waals surface area contributed by atoms with E-state index in [0.717, 1.165) is 12.0 Å². The number of ether oxygens (including phenoxy) is 3. The summed E-state index contributed by atoms with van der Waals surface area (Å²) in [7, 11) is 1.46. The van der Waals surface area contributed by atoms with Gasteiger partial charge >= 0.3 is 11.8 Å². The smallest absolute Gasteiger partial charge is 0.329 e. The van der Waals surface area contributed by atoms with Gasteiger partial charge in [0.1, 0.15) is 5.75 Å². The zero-order valence-corrected chi connectivity index (χ0v) is 25.0. The summed E-state index contributed by atoms with van der Waals surface area (Å²) in [6.07, 6.45) is 2.24. The number of halogens is 2. The van der Waals surface area contributed by atoms with E-state index >= 15 is 0 Å². The highest BCUT2D eigenvalue weighted by molar-refractivity contribution is 14.1. The zero-order chi connectivity index (χ0) is 29.1. The fourth-order valence-electron chi connectivity index (χ4n) is 3.27. The van der Waals surface area contributed by atoms with Gasteiger partial charge in [-0.25, -0.2) is 5.43 Å². The molecule has 0 aliphatic rings. The summed E-state index contributed by atoms with van der Waals surface area (Å²) in [6, 6.07) is 15.2. The van der Waals surface area contributed by atoms with E-state index in [-0.39, 0.29) is 12.5 Å². The summed E-state index contributed by atoms with van der Waals surface area (Å²) >= 11 is 8.05. The Balaban J connectivity index is 1.55. The Morgan fingerprint density at radius 2 is 1.75 bits per heavy atom. The number of rotatable bonds is 11. The molecule has 0 spiro atoms. The molecule has 40 heavy (non-hydrogen) atoms. The van der Waals surface area contributed by atoms with Gasteiger partial charge in [0.15, 0.2) is 18.1 Å². The minimum absolute atomic E-state index is 0.259. The van der Waals surface area contributed by atoms with Crippen molar-refractivity contribution >= 4 is 69.5 Å². The van der Waals surface area contributed by atoms with Crippen molar-refractivity contribution in [2.75, 3.05) is 31.0 Å². The number of carbonyl (C=O) groups is 3. The number of hydrogen-bond donors (Lipinski definition) is 3. The second-order valence-corrected chi connectivity index (χ2v) is 9.95. The van der Waals surface area contributed by atoms with Crippen molar-refractivity contribution in [1.82, 2.24) is 5.43 Å². The van der Waals surface area contributed by atoms with Gasteiger partial charge in [-0.1, -0.05) is 24.6 Å². The third-order valence-electron chi connectivity index (χ3n) is 5.24. The van der Waals surface area contributed by atoms with E-state index in [0.29, 0.717) is 49.4 Å². The maximum absolute atomic E-state index is 12.4. The summed E-state index contributed by atoms with van der Waals surface area (Å²) in [6.45, 7) is 4.20. The highest BCUT2D eigenvalue weighted by Crippen LogP contribution is 2.33. The third kappa shape index (κ3) is 9.12. The van der Waals surface area contributed by atoms with Crippen molar-refractivity contribution in [1.29, 1.82) is 0 Å². The molecule has 3 N–H and O–H groups in total. The van der Waals surface area contributed by atoms with Crippen molar-refractivity contribution in [2.45, 2.75) is 20.3 Å². The number of methoxy groups -OCH3 is 1. The first-order chi connectivity index (χ1) is 19.2. The van der Waals surface area contributed by atoms with Gasteiger partial charge < -0.3 is 24.8 Å². The monoisotopic (exact) mass is 678 g/mol. The second kappa shape index (κ2) is 15.1. The van der Waals surface area contributed by atoms with Gasteiger partial charge in [-0.3, -0.25) is 14.4 Å². The number of hydrogen-bond acceptors (Lipinski definition) is 7. The lowest BCUT2D eigenvalue weighted by atomic mass is 10.2. The molecule has 0 aliphatic carbocycles. The number of carbonyl (C=O) groups excluding carboxylic acids is 3. The number of hydrazone groups is 1. The molecule has 0 fully saturated rings. The Morgan fingerprint density at radius 3 is 2.45 bits per heavy atom. The van der Waals surface area contributed by atoms with Crippen LogP contribution in [0.1, 0.15) is 24.5 Å². The van der Waals surface area contributed by atoms with Crippen LogP contribution in [0.15, 0.2) is 59.7 Å². The first kappa shape index (κ1) is 30.7. The van der Waals surface area contributed by atoms with E-state index in [4.69, 9.17) is 25.8 Å². The molecule has 0 atom stereocenters. The highest BCUT2D eigenvalue weighted by atomic mass is 127. The Bertz CT molecular complexity index is 1400. The molecule has 0 aliphatic heterocycles.